The van der Waals surface area contributed by atoms with Crippen molar-refractivity contribution in [3.63, 3.8) is 0 Å². The molecule has 5 nitrogen and oxygen atoms in total. The van der Waals surface area contributed by atoms with Crippen LogP contribution >= 0.6 is 0 Å². The van der Waals surface area contributed by atoms with E-state index in [1.54, 1.807) is 30.3 Å². The molecule has 3 aromatic rings. The monoisotopic (exact) mass is 405 g/mol. The van der Waals surface area contributed by atoms with Crippen molar-refractivity contribution in [2.24, 2.45) is 0 Å². The average molecular weight is 405 g/mol. The number of anilines is 1. The van der Waals surface area contributed by atoms with Gasteiger partial charge < -0.3 is 5.11 Å². The van der Waals surface area contributed by atoms with Crippen LogP contribution in [-0.2, 0) is 10.0 Å². The van der Waals surface area contributed by atoms with Gasteiger partial charge in [-0.15, -0.1) is 0 Å². The van der Waals surface area contributed by atoms with Crippen molar-refractivity contribution in [2.75, 3.05) is 10.8 Å². The highest BCUT2D eigenvalue weighted by molar-refractivity contribution is 7.92. The van der Waals surface area contributed by atoms with E-state index in [-0.39, 0.29) is 17.0 Å². The highest BCUT2D eigenvalue weighted by Gasteiger charge is 2.30. The number of fused-ring (bicyclic) bond motifs is 1. The van der Waals surface area contributed by atoms with Gasteiger partial charge in [0.1, 0.15) is 0 Å². The fourth-order valence-electron chi connectivity index (χ4n) is 3.44. The normalized spacial score (nSPS) is 13.6. The number of hydrogen-bond donors (Lipinski definition) is 1. The lowest BCUT2D eigenvalue weighted by molar-refractivity contribution is 0.0697. The Bertz CT molecular complexity index is 1210. The summed E-state index contributed by atoms with van der Waals surface area (Å²) in [5.74, 6) is -1.06. The van der Waals surface area contributed by atoms with Gasteiger partial charge in [-0.1, -0.05) is 54.1 Å². The Morgan fingerprint density at radius 3 is 2.31 bits per heavy atom. The van der Waals surface area contributed by atoms with Crippen LogP contribution in [0, 0.1) is 6.92 Å². The fraction of sp³-hybridized carbons (Fsp3) is 0.0870. The molecule has 0 spiro atoms. The van der Waals surface area contributed by atoms with Crippen LogP contribution in [0.1, 0.15) is 27.0 Å². The average Bonchev–Trinajstić information content (AvgIpc) is 2.73. The Hall–Kier alpha value is -3.38. The molecule has 1 aliphatic rings. The molecular weight excluding hydrogens is 386 g/mol. The molecule has 0 bridgehead atoms. The van der Waals surface area contributed by atoms with Gasteiger partial charge in [0.15, 0.2) is 0 Å². The van der Waals surface area contributed by atoms with Crippen LogP contribution in [0.4, 0.5) is 5.69 Å². The van der Waals surface area contributed by atoms with Gasteiger partial charge in [0.2, 0.25) is 0 Å². The van der Waals surface area contributed by atoms with E-state index in [0.717, 1.165) is 16.7 Å². The minimum absolute atomic E-state index is 0.111. The Labute approximate surface area is 169 Å². The first-order chi connectivity index (χ1) is 13.9. The zero-order valence-electron chi connectivity index (χ0n) is 15.7. The fourth-order valence-corrected chi connectivity index (χ4v) is 4.86. The van der Waals surface area contributed by atoms with Crippen molar-refractivity contribution in [3.8, 4) is 0 Å². The summed E-state index contributed by atoms with van der Waals surface area (Å²) in [6.07, 6.45) is 1.83. The van der Waals surface area contributed by atoms with Crippen molar-refractivity contribution in [2.45, 2.75) is 11.8 Å². The molecule has 1 aliphatic heterocycles. The number of carboxylic acids is 1. The number of aryl methyl sites for hydroxylation is 1. The van der Waals surface area contributed by atoms with Crippen molar-refractivity contribution in [1.82, 2.24) is 0 Å². The number of sulfonamides is 1. The van der Waals surface area contributed by atoms with E-state index >= 15 is 0 Å². The summed E-state index contributed by atoms with van der Waals surface area (Å²) in [5, 5.41) is 9.42. The van der Waals surface area contributed by atoms with E-state index < -0.39 is 16.0 Å². The molecule has 0 unspecified atom stereocenters. The Kier molecular flexibility index (Phi) is 4.72. The predicted octanol–water partition coefficient (Wildman–Crippen LogP) is 4.33. The molecule has 29 heavy (non-hydrogen) atoms. The third kappa shape index (κ3) is 3.43. The van der Waals surface area contributed by atoms with E-state index in [2.05, 4.69) is 0 Å². The van der Waals surface area contributed by atoms with E-state index in [4.69, 9.17) is 0 Å². The summed E-state index contributed by atoms with van der Waals surface area (Å²) >= 11 is 0. The standard InChI is InChI=1S/C23H19NO4S/c1-16-7-10-19(11-8-16)29(27,28)24-14-13-20(17-5-3-2-4-6-17)21-15-18(23(25)26)9-12-22(21)24/h2-13,15H,14H2,1H3,(H,25,26). The van der Waals surface area contributed by atoms with Gasteiger partial charge in [-0.2, -0.15) is 0 Å². The molecule has 1 N–H and O–H groups in total. The van der Waals surface area contributed by atoms with Crippen LogP contribution in [0.2, 0.25) is 0 Å². The summed E-state index contributed by atoms with van der Waals surface area (Å²) in [6, 6.07) is 20.8. The summed E-state index contributed by atoms with van der Waals surface area (Å²) in [4.78, 5) is 11.7. The van der Waals surface area contributed by atoms with Crippen LogP contribution < -0.4 is 4.31 Å². The topological polar surface area (TPSA) is 74.7 Å². The second kappa shape index (κ2) is 7.22. The second-order valence-corrected chi connectivity index (χ2v) is 8.73. The Morgan fingerprint density at radius 2 is 1.66 bits per heavy atom. The first kappa shape index (κ1) is 19.0. The van der Waals surface area contributed by atoms with Crippen molar-refractivity contribution >= 4 is 27.3 Å². The number of rotatable bonds is 4. The molecular formula is C23H19NO4S. The van der Waals surface area contributed by atoms with Crippen LogP contribution in [0.3, 0.4) is 0 Å². The molecule has 0 radical (unpaired) electrons. The Balaban J connectivity index is 1.88. The molecule has 0 saturated heterocycles. The zero-order valence-corrected chi connectivity index (χ0v) is 16.6. The number of benzene rings is 3. The SMILES string of the molecule is Cc1ccc(S(=O)(=O)N2CC=C(c3ccccc3)c3cc(C(=O)O)ccc32)cc1. The van der Waals surface area contributed by atoms with Crippen molar-refractivity contribution in [3.05, 3.63) is 101 Å². The summed E-state index contributed by atoms with van der Waals surface area (Å²) in [7, 11) is -3.79. The largest absolute Gasteiger partial charge is 0.478 e. The summed E-state index contributed by atoms with van der Waals surface area (Å²) < 4.78 is 27.9. The third-order valence-electron chi connectivity index (χ3n) is 4.96. The lowest BCUT2D eigenvalue weighted by atomic mass is 9.92. The van der Waals surface area contributed by atoms with Crippen LogP contribution in [0.25, 0.3) is 5.57 Å². The molecule has 0 fully saturated rings. The zero-order chi connectivity index (χ0) is 20.6. The van der Waals surface area contributed by atoms with Gasteiger partial charge in [-0.05, 0) is 48.4 Å². The molecule has 0 saturated carbocycles. The van der Waals surface area contributed by atoms with Gasteiger partial charge in [0.25, 0.3) is 10.0 Å². The molecule has 0 amide bonds. The summed E-state index contributed by atoms with van der Waals surface area (Å²) in [6.45, 7) is 2.06. The lowest BCUT2D eigenvalue weighted by Gasteiger charge is -2.30. The molecule has 4 rings (SSSR count). The van der Waals surface area contributed by atoms with E-state index in [1.165, 1.54) is 16.4 Å². The van der Waals surface area contributed by atoms with Crippen molar-refractivity contribution in [1.29, 1.82) is 0 Å². The molecule has 0 aromatic heterocycles. The molecule has 0 aliphatic carbocycles. The molecule has 3 aromatic carbocycles. The Morgan fingerprint density at radius 1 is 0.966 bits per heavy atom. The molecule has 0 atom stereocenters. The van der Waals surface area contributed by atoms with Gasteiger partial charge in [-0.3, -0.25) is 4.31 Å². The molecule has 6 heteroatoms. The first-order valence-electron chi connectivity index (χ1n) is 9.10. The number of aromatic carboxylic acids is 1. The minimum Gasteiger partial charge on any atom is -0.478 e. The number of carbonyl (C=O) groups is 1. The lowest BCUT2D eigenvalue weighted by Crippen LogP contribution is -2.34. The van der Waals surface area contributed by atoms with Crippen LogP contribution in [0.5, 0.6) is 0 Å². The highest BCUT2D eigenvalue weighted by Crippen LogP contribution is 2.38. The maximum atomic E-state index is 13.3. The first-order valence-corrected chi connectivity index (χ1v) is 10.5. The number of nitrogens with zero attached hydrogens (tertiary/aromatic N) is 1. The summed E-state index contributed by atoms with van der Waals surface area (Å²) in [5.41, 5.74) is 3.86. The van der Waals surface area contributed by atoms with Gasteiger partial charge in [0.05, 0.1) is 22.7 Å². The van der Waals surface area contributed by atoms with Gasteiger partial charge >= 0.3 is 5.97 Å². The number of hydrogen-bond acceptors (Lipinski definition) is 3. The van der Waals surface area contributed by atoms with Crippen LogP contribution in [0.15, 0.2) is 83.8 Å². The van der Waals surface area contributed by atoms with Gasteiger partial charge in [0, 0.05) is 5.56 Å². The predicted molar refractivity (Wildman–Crippen MR) is 113 cm³/mol. The second-order valence-electron chi connectivity index (χ2n) is 6.87. The van der Waals surface area contributed by atoms with E-state index in [9.17, 15) is 18.3 Å². The minimum atomic E-state index is -3.79. The van der Waals surface area contributed by atoms with Crippen LogP contribution in [-0.4, -0.2) is 26.0 Å². The molecule has 1 heterocycles. The number of carboxylic acid groups (broad SMARTS) is 1. The molecule has 146 valence electrons. The third-order valence-corrected chi connectivity index (χ3v) is 6.75. The highest BCUT2D eigenvalue weighted by atomic mass is 32.2. The quantitative estimate of drug-likeness (QED) is 0.701. The van der Waals surface area contributed by atoms with E-state index in [1.807, 2.05) is 43.3 Å². The van der Waals surface area contributed by atoms with Gasteiger partial charge in [-0.25, -0.2) is 13.2 Å². The maximum Gasteiger partial charge on any atom is 0.335 e. The smallest absolute Gasteiger partial charge is 0.335 e. The van der Waals surface area contributed by atoms with Crippen molar-refractivity contribution < 1.29 is 18.3 Å². The van der Waals surface area contributed by atoms with E-state index in [0.29, 0.717) is 11.3 Å². The maximum absolute atomic E-state index is 13.3.